The van der Waals surface area contributed by atoms with E-state index in [4.69, 9.17) is 5.73 Å². The van der Waals surface area contributed by atoms with Gasteiger partial charge in [-0.25, -0.2) is 0 Å². The van der Waals surface area contributed by atoms with Crippen LogP contribution in [0, 0.1) is 5.92 Å². The summed E-state index contributed by atoms with van der Waals surface area (Å²) >= 11 is 0. The molecule has 0 bridgehead atoms. The molecule has 2 atom stereocenters. The van der Waals surface area contributed by atoms with Crippen LogP contribution < -0.4 is 5.73 Å². The molecular weight excluding hydrogens is 231 g/mol. The highest BCUT2D eigenvalue weighted by molar-refractivity contribution is 5.88. The molecule has 2 N–H and O–H groups in total. The largest absolute Gasteiger partial charge is 0.389 e. The normalized spacial score (nSPS) is 30.3. The van der Waals surface area contributed by atoms with Gasteiger partial charge in [-0.3, -0.25) is 4.79 Å². The number of rotatable bonds is 4. The van der Waals surface area contributed by atoms with Crippen molar-refractivity contribution in [3.8, 4) is 0 Å². The zero-order chi connectivity index (χ0) is 13.1. The van der Waals surface area contributed by atoms with Crippen LogP contribution in [0.2, 0.25) is 0 Å². The lowest BCUT2D eigenvalue weighted by Crippen LogP contribution is -2.51. The van der Waals surface area contributed by atoms with Crippen LogP contribution >= 0.6 is 0 Å². The predicted octanol–water partition coefficient (Wildman–Crippen LogP) is 3.20. The molecule has 0 radical (unpaired) electrons. The van der Waals surface area contributed by atoms with Crippen molar-refractivity contribution in [2.45, 2.75) is 63.6 Å². The monoisotopic (exact) mass is 251 g/mol. The molecule has 0 aromatic rings. The van der Waals surface area contributed by atoms with Gasteiger partial charge < -0.3 is 5.73 Å². The van der Waals surface area contributed by atoms with Gasteiger partial charge in [0.2, 0.25) is 0 Å². The second-order valence-electron chi connectivity index (χ2n) is 5.25. The molecule has 1 rings (SSSR count). The van der Waals surface area contributed by atoms with Crippen molar-refractivity contribution in [3.05, 3.63) is 0 Å². The molecule has 5 heteroatoms. The number of nitrogens with two attached hydrogens (primary N) is 1. The third-order valence-electron chi connectivity index (χ3n) is 3.45. The molecule has 0 aliphatic heterocycles. The standard InChI is InChI=1S/C12H20F3NO/c1-9-4-2-6-11(16,8-9)10(17)5-3-7-12(13,14)15/h9H,2-8,16H2,1H3. The number of carbonyl (C=O) groups is 1. The van der Waals surface area contributed by atoms with Gasteiger partial charge in [0.15, 0.2) is 5.78 Å². The van der Waals surface area contributed by atoms with Gasteiger partial charge in [-0.1, -0.05) is 19.8 Å². The minimum atomic E-state index is -4.18. The Labute approximate surface area is 99.7 Å². The Morgan fingerprint density at radius 2 is 2.12 bits per heavy atom. The second-order valence-corrected chi connectivity index (χ2v) is 5.25. The molecule has 1 saturated carbocycles. The minimum Gasteiger partial charge on any atom is -0.319 e. The van der Waals surface area contributed by atoms with Crippen LogP contribution in [0.15, 0.2) is 0 Å². The van der Waals surface area contributed by atoms with Gasteiger partial charge in [-0.05, 0) is 25.2 Å². The molecule has 1 fully saturated rings. The summed E-state index contributed by atoms with van der Waals surface area (Å²) in [5.41, 5.74) is 5.14. The summed E-state index contributed by atoms with van der Waals surface area (Å²) in [5.74, 6) is 0.189. The van der Waals surface area contributed by atoms with Gasteiger partial charge in [0.1, 0.15) is 0 Å². The molecule has 0 aromatic heterocycles. The average molecular weight is 251 g/mol. The molecule has 0 aromatic carbocycles. The smallest absolute Gasteiger partial charge is 0.319 e. The number of Topliss-reactive ketones (excluding diaryl/α,β-unsaturated/α-hetero) is 1. The average Bonchev–Trinajstić information content (AvgIpc) is 2.15. The van der Waals surface area contributed by atoms with Crippen LogP contribution in [0.4, 0.5) is 13.2 Å². The number of hydrogen-bond acceptors (Lipinski definition) is 2. The van der Waals surface area contributed by atoms with E-state index in [1.54, 1.807) is 0 Å². The van der Waals surface area contributed by atoms with E-state index in [0.29, 0.717) is 18.8 Å². The Hall–Kier alpha value is -0.580. The third-order valence-corrected chi connectivity index (χ3v) is 3.45. The van der Waals surface area contributed by atoms with E-state index in [-0.39, 0.29) is 18.6 Å². The molecule has 2 unspecified atom stereocenters. The number of alkyl halides is 3. The first-order chi connectivity index (χ1) is 7.73. The Bertz CT molecular complexity index is 277. The summed E-state index contributed by atoms with van der Waals surface area (Å²) in [6.45, 7) is 2.03. The first-order valence-corrected chi connectivity index (χ1v) is 6.12. The van der Waals surface area contributed by atoms with Gasteiger partial charge in [-0.2, -0.15) is 13.2 Å². The Balaban J connectivity index is 2.41. The van der Waals surface area contributed by atoms with E-state index in [0.717, 1.165) is 12.8 Å². The fourth-order valence-electron chi connectivity index (χ4n) is 2.54. The lowest BCUT2D eigenvalue weighted by Gasteiger charge is -2.35. The Morgan fingerprint density at radius 3 is 2.65 bits per heavy atom. The fraction of sp³-hybridized carbons (Fsp3) is 0.917. The number of hydrogen-bond donors (Lipinski definition) is 1. The second kappa shape index (κ2) is 5.38. The van der Waals surface area contributed by atoms with Crippen LogP contribution in [0.3, 0.4) is 0 Å². The quantitative estimate of drug-likeness (QED) is 0.833. The highest BCUT2D eigenvalue weighted by Crippen LogP contribution is 2.32. The summed E-state index contributed by atoms with van der Waals surface area (Å²) < 4.78 is 35.9. The van der Waals surface area contributed by atoms with Gasteiger partial charge >= 0.3 is 6.18 Å². The maximum absolute atomic E-state index is 12.0. The third kappa shape index (κ3) is 4.66. The van der Waals surface area contributed by atoms with Crippen LogP contribution in [0.25, 0.3) is 0 Å². The van der Waals surface area contributed by atoms with E-state index < -0.39 is 18.1 Å². The van der Waals surface area contributed by atoms with Gasteiger partial charge in [0, 0.05) is 12.8 Å². The van der Waals surface area contributed by atoms with E-state index in [1.165, 1.54) is 0 Å². The summed E-state index contributed by atoms with van der Waals surface area (Å²) in [6, 6.07) is 0. The summed E-state index contributed by atoms with van der Waals surface area (Å²) in [5, 5.41) is 0. The van der Waals surface area contributed by atoms with Crippen LogP contribution in [0.5, 0.6) is 0 Å². The molecule has 0 spiro atoms. The van der Waals surface area contributed by atoms with Crippen molar-refractivity contribution in [2.24, 2.45) is 11.7 Å². The zero-order valence-corrected chi connectivity index (χ0v) is 10.1. The summed E-state index contributed by atoms with van der Waals surface area (Å²) in [7, 11) is 0. The van der Waals surface area contributed by atoms with Crippen LogP contribution in [-0.2, 0) is 4.79 Å². The molecule has 100 valence electrons. The molecule has 0 heterocycles. The first kappa shape index (κ1) is 14.5. The molecule has 1 aliphatic rings. The van der Waals surface area contributed by atoms with Crippen molar-refractivity contribution in [1.29, 1.82) is 0 Å². The first-order valence-electron chi connectivity index (χ1n) is 6.12. The van der Waals surface area contributed by atoms with Crippen molar-refractivity contribution in [2.75, 3.05) is 0 Å². The molecule has 1 aliphatic carbocycles. The summed E-state index contributed by atoms with van der Waals surface area (Å²) in [4.78, 5) is 11.9. The van der Waals surface area contributed by atoms with E-state index in [1.807, 2.05) is 6.92 Å². The maximum Gasteiger partial charge on any atom is 0.389 e. The predicted molar refractivity (Wildman–Crippen MR) is 59.5 cm³/mol. The highest BCUT2D eigenvalue weighted by atomic mass is 19.4. The molecule has 17 heavy (non-hydrogen) atoms. The van der Waals surface area contributed by atoms with Crippen molar-refractivity contribution in [3.63, 3.8) is 0 Å². The maximum atomic E-state index is 12.0. The Morgan fingerprint density at radius 1 is 1.47 bits per heavy atom. The van der Waals surface area contributed by atoms with Gasteiger partial charge in [0.05, 0.1) is 5.54 Å². The zero-order valence-electron chi connectivity index (χ0n) is 10.1. The fourth-order valence-corrected chi connectivity index (χ4v) is 2.54. The molecule has 2 nitrogen and oxygen atoms in total. The van der Waals surface area contributed by atoms with E-state index in [2.05, 4.69) is 0 Å². The number of ketones is 1. The molecule has 0 saturated heterocycles. The van der Waals surface area contributed by atoms with E-state index >= 15 is 0 Å². The summed E-state index contributed by atoms with van der Waals surface area (Å²) in [6.07, 6.45) is -2.11. The number of carbonyl (C=O) groups excluding carboxylic acids is 1. The van der Waals surface area contributed by atoms with Gasteiger partial charge in [0.25, 0.3) is 0 Å². The SMILES string of the molecule is CC1CCCC(N)(C(=O)CCCC(F)(F)F)C1. The van der Waals surface area contributed by atoms with Crippen molar-refractivity contribution >= 4 is 5.78 Å². The number of halogens is 3. The van der Waals surface area contributed by atoms with Crippen LogP contribution in [0.1, 0.15) is 51.9 Å². The Kier molecular flexibility index (Phi) is 4.58. The minimum absolute atomic E-state index is 0.0528. The molecular formula is C12H20F3NO. The van der Waals surface area contributed by atoms with Crippen LogP contribution in [-0.4, -0.2) is 17.5 Å². The molecule has 0 amide bonds. The van der Waals surface area contributed by atoms with Crippen molar-refractivity contribution in [1.82, 2.24) is 0 Å². The topological polar surface area (TPSA) is 43.1 Å². The van der Waals surface area contributed by atoms with Crippen molar-refractivity contribution < 1.29 is 18.0 Å². The van der Waals surface area contributed by atoms with E-state index in [9.17, 15) is 18.0 Å². The highest BCUT2D eigenvalue weighted by Gasteiger charge is 2.37. The van der Waals surface area contributed by atoms with Gasteiger partial charge in [-0.15, -0.1) is 0 Å². The lowest BCUT2D eigenvalue weighted by atomic mass is 9.74. The lowest BCUT2D eigenvalue weighted by molar-refractivity contribution is -0.138.